The molecular weight excluding hydrogens is 655 g/mol. The summed E-state index contributed by atoms with van der Waals surface area (Å²) in [6.07, 6.45) is 0. The van der Waals surface area contributed by atoms with Crippen LogP contribution < -0.4 is 4.90 Å². The van der Waals surface area contributed by atoms with E-state index in [-0.39, 0.29) is 5.41 Å². The van der Waals surface area contributed by atoms with E-state index in [1.807, 2.05) is 12.1 Å². The van der Waals surface area contributed by atoms with E-state index in [4.69, 9.17) is 9.97 Å². The molecule has 0 spiro atoms. The third-order valence-corrected chi connectivity index (χ3v) is 11.0. The number of fused-ring (bicyclic) bond motifs is 6. The molecule has 1 aliphatic carbocycles. The largest absolute Gasteiger partial charge is 0.310 e. The Morgan fingerprint density at radius 2 is 0.981 bits per heavy atom. The van der Waals surface area contributed by atoms with Gasteiger partial charge >= 0.3 is 0 Å². The Bertz CT molecular complexity index is 2790. The minimum atomic E-state index is -0.191. The van der Waals surface area contributed by atoms with Crippen molar-refractivity contribution >= 4 is 38.9 Å². The molecule has 0 atom stereocenters. The summed E-state index contributed by atoms with van der Waals surface area (Å²) in [4.78, 5) is 13.2. The van der Waals surface area contributed by atoms with Crippen molar-refractivity contribution in [1.82, 2.24) is 9.97 Å². The van der Waals surface area contributed by atoms with E-state index < -0.39 is 0 Å². The topological polar surface area (TPSA) is 29.0 Å². The monoisotopic (exact) mass is 691 g/mol. The maximum atomic E-state index is 5.47. The molecule has 8 aromatic carbocycles. The van der Waals surface area contributed by atoms with E-state index in [9.17, 15) is 0 Å². The van der Waals surface area contributed by atoms with E-state index in [1.165, 1.54) is 27.8 Å². The van der Waals surface area contributed by atoms with Gasteiger partial charge in [0, 0.05) is 39.0 Å². The number of anilines is 3. The van der Waals surface area contributed by atoms with Crippen LogP contribution in [-0.2, 0) is 5.41 Å². The normalized spacial score (nSPS) is 12.8. The zero-order chi connectivity index (χ0) is 36.2. The minimum Gasteiger partial charge on any atom is -0.310 e. The zero-order valence-electron chi connectivity index (χ0n) is 30.2. The second-order valence-electron chi connectivity index (χ2n) is 14.6. The van der Waals surface area contributed by atoms with Gasteiger partial charge in [-0.3, -0.25) is 0 Å². The molecule has 0 N–H and O–H groups in total. The lowest BCUT2D eigenvalue weighted by molar-refractivity contribution is 0.660. The van der Waals surface area contributed by atoms with E-state index in [0.717, 1.165) is 66.9 Å². The Morgan fingerprint density at radius 1 is 0.426 bits per heavy atom. The molecule has 3 nitrogen and oxygen atoms in total. The quantitative estimate of drug-likeness (QED) is 0.163. The molecular formula is C51H37N3. The van der Waals surface area contributed by atoms with Crippen LogP contribution in [0.5, 0.6) is 0 Å². The Morgan fingerprint density at radius 3 is 1.63 bits per heavy atom. The van der Waals surface area contributed by atoms with Gasteiger partial charge in [0.25, 0.3) is 0 Å². The highest BCUT2D eigenvalue weighted by Crippen LogP contribution is 2.54. The van der Waals surface area contributed by atoms with Gasteiger partial charge in [-0.25, -0.2) is 9.97 Å². The number of rotatable bonds is 6. The molecule has 10 rings (SSSR count). The summed E-state index contributed by atoms with van der Waals surface area (Å²) >= 11 is 0. The molecule has 256 valence electrons. The van der Waals surface area contributed by atoms with E-state index in [1.54, 1.807) is 0 Å². The average Bonchev–Trinajstić information content (AvgIpc) is 3.47. The van der Waals surface area contributed by atoms with Crippen molar-refractivity contribution < 1.29 is 0 Å². The molecule has 0 radical (unpaired) electrons. The fourth-order valence-electron chi connectivity index (χ4n) is 8.36. The zero-order valence-corrected chi connectivity index (χ0v) is 30.2. The second-order valence-corrected chi connectivity index (χ2v) is 14.6. The average molecular weight is 692 g/mol. The Kier molecular flexibility index (Phi) is 7.48. The van der Waals surface area contributed by atoms with Crippen LogP contribution in [0.15, 0.2) is 188 Å². The van der Waals surface area contributed by atoms with Gasteiger partial charge in [0.2, 0.25) is 0 Å². The van der Waals surface area contributed by atoms with Crippen LogP contribution in [0.25, 0.3) is 66.6 Å². The number of aromatic nitrogens is 2. The van der Waals surface area contributed by atoms with Gasteiger partial charge in [-0.15, -0.1) is 0 Å². The van der Waals surface area contributed by atoms with Gasteiger partial charge in [0.15, 0.2) is 0 Å². The molecule has 9 aromatic rings. The molecule has 0 saturated heterocycles. The number of para-hydroxylation sites is 2. The molecule has 0 aliphatic heterocycles. The van der Waals surface area contributed by atoms with Gasteiger partial charge in [-0.2, -0.15) is 0 Å². The molecule has 54 heavy (non-hydrogen) atoms. The summed E-state index contributed by atoms with van der Waals surface area (Å²) in [7, 11) is 0. The van der Waals surface area contributed by atoms with E-state index in [2.05, 4.69) is 195 Å². The summed E-state index contributed by atoms with van der Waals surface area (Å²) in [6, 6.07) is 67.1. The summed E-state index contributed by atoms with van der Waals surface area (Å²) < 4.78 is 0. The fourth-order valence-corrected chi connectivity index (χ4v) is 8.36. The molecule has 3 heteroatoms. The maximum Gasteiger partial charge on any atom is 0.0973 e. The lowest BCUT2D eigenvalue weighted by atomic mass is 9.81. The Labute approximate surface area is 315 Å². The van der Waals surface area contributed by atoms with Gasteiger partial charge in [0.05, 0.1) is 22.4 Å². The highest BCUT2D eigenvalue weighted by atomic mass is 15.1. The third kappa shape index (κ3) is 5.20. The molecule has 1 aliphatic rings. The molecule has 0 unspecified atom stereocenters. The van der Waals surface area contributed by atoms with Crippen LogP contribution in [0.2, 0.25) is 0 Å². The highest BCUT2D eigenvalue weighted by Gasteiger charge is 2.38. The van der Waals surface area contributed by atoms with Crippen molar-refractivity contribution in [1.29, 1.82) is 0 Å². The Balaban J connectivity index is 1.25. The number of hydrogen-bond acceptors (Lipinski definition) is 3. The minimum absolute atomic E-state index is 0.191. The first kappa shape index (κ1) is 31.9. The lowest BCUT2D eigenvalue weighted by Crippen LogP contribution is -2.16. The third-order valence-electron chi connectivity index (χ3n) is 11.0. The van der Waals surface area contributed by atoms with Crippen LogP contribution in [0.3, 0.4) is 0 Å². The molecule has 0 bridgehead atoms. The number of hydrogen-bond donors (Lipinski definition) is 0. The van der Waals surface area contributed by atoms with Crippen LogP contribution in [0, 0.1) is 0 Å². The van der Waals surface area contributed by atoms with Crippen molar-refractivity contribution in [2.24, 2.45) is 0 Å². The summed E-state index contributed by atoms with van der Waals surface area (Å²) in [6.45, 7) is 4.72. The number of nitrogens with zero attached hydrogens (tertiary/aromatic N) is 3. The first-order valence-electron chi connectivity index (χ1n) is 18.6. The van der Waals surface area contributed by atoms with Crippen molar-refractivity contribution in [3.05, 3.63) is 199 Å². The van der Waals surface area contributed by atoms with E-state index >= 15 is 0 Å². The summed E-state index contributed by atoms with van der Waals surface area (Å²) in [5, 5.41) is 2.22. The van der Waals surface area contributed by atoms with Gasteiger partial charge < -0.3 is 4.90 Å². The Hall–Kier alpha value is -6.84. The van der Waals surface area contributed by atoms with Gasteiger partial charge in [-0.1, -0.05) is 153 Å². The van der Waals surface area contributed by atoms with Crippen LogP contribution in [0.1, 0.15) is 25.0 Å². The van der Waals surface area contributed by atoms with Crippen LogP contribution in [0.4, 0.5) is 17.1 Å². The first-order valence-corrected chi connectivity index (χ1v) is 18.6. The predicted octanol–water partition coefficient (Wildman–Crippen LogP) is 13.6. The van der Waals surface area contributed by atoms with Crippen molar-refractivity contribution in [2.45, 2.75) is 19.3 Å². The number of benzene rings is 8. The molecule has 1 aromatic heterocycles. The first-order chi connectivity index (χ1) is 26.5. The standard InChI is InChI=1S/C51H37N3/c1-51(2)44-26-16-15-25-41(44)47-42(32-40(33-45(47)51)54(38-21-11-5-12-22-38)39-23-13-6-14-24-39)37-28-27-34-29-30-46-50(43(34)31-37)53-49(36-19-9-4-10-20-36)48(52-46)35-17-7-3-8-18-35/h3-33H,1-2H3. The van der Waals surface area contributed by atoms with Crippen molar-refractivity contribution in [3.63, 3.8) is 0 Å². The molecule has 0 fully saturated rings. The van der Waals surface area contributed by atoms with Crippen LogP contribution >= 0.6 is 0 Å². The fraction of sp³-hybridized carbons (Fsp3) is 0.0588. The smallest absolute Gasteiger partial charge is 0.0973 e. The van der Waals surface area contributed by atoms with Crippen LogP contribution in [-0.4, -0.2) is 9.97 Å². The molecule has 0 amide bonds. The predicted molar refractivity (Wildman–Crippen MR) is 226 cm³/mol. The highest BCUT2D eigenvalue weighted by molar-refractivity contribution is 6.08. The second kappa shape index (κ2) is 12.7. The lowest BCUT2D eigenvalue weighted by Gasteiger charge is -2.29. The molecule has 0 saturated carbocycles. The van der Waals surface area contributed by atoms with Gasteiger partial charge in [0.1, 0.15) is 0 Å². The van der Waals surface area contributed by atoms with E-state index in [0.29, 0.717) is 0 Å². The maximum absolute atomic E-state index is 5.47. The summed E-state index contributed by atoms with van der Waals surface area (Å²) in [5.74, 6) is 0. The van der Waals surface area contributed by atoms with Gasteiger partial charge in [-0.05, 0) is 87.3 Å². The SMILES string of the molecule is CC1(C)c2ccccc2-c2c(-c3ccc4ccc5nc(-c6ccccc6)c(-c6ccccc6)nc5c4c3)cc(N(c3ccccc3)c3ccccc3)cc21. The van der Waals surface area contributed by atoms with Crippen molar-refractivity contribution in [3.8, 4) is 44.8 Å². The van der Waals surface area contributed by atoms with Crippen molar-refractivity contribution in [2.75, 3.05) is 4.90 Å². The summed E-state index contributed by atoms with van der Waals surface area (Å²) in [5.41, 5.74) is 16.4. The molecule has 1 heterocycles.